The van der Waals surface area contributed by atoms with Crippen LogP contribution in [-0.2, 0) is 24.4 Å². The lowest BCUT2D eigenvalue weighted by molar-refractivity contribution is -0.0495. The van der Waals surface area contributed by atoms with Crippen LogP contribution in [0.4, 0.5) is 0 Å². The van der Waals surface area contributed by atoms with Gasteiger partial charge in [-0.1, -0.05) is 6.92 Å². The van der Waals surface area contributed by atoms with Crippen molar-refractivity contribution in [1.82, 2.24) is 0 Å². The van der Waals surface area contributed by atoms with Crippen LogP contribution in [0.15, 0.2) is 0 Å². The van der Waals surface area contributed by atoms with E-state index in [0.29, 0.717) is 17.9 Å². The topological polar surface area (TPSA) is 77.5 Å². The van der Waals surface area contributed by atoms with Crippen LogP contribution >= 0.6 is 0 Å². The summed E-state index contributed by atoms with van der Waals surface area (Å²) in [4.78, 5) is 0. The maximum Gasteiger partial charge on any atom is 0.156 e. The number of ether oxygens (including phenoxy) is 1. The minimum absolute atomic E-state index is 0.161. The summed E-state index contributed by atoms with van der Waals surface area (Å²) in [5.41, 5.74) is 0. The summed E-state index contributed by atoms with van der Waals surface area (Å²) in [5, 5.41) is -0.495. The highest BCUT2D eigenvalue weighted by atomic mass is 32.2. The molecular weight excluding hydrogens is 456 g/mol. The molecule has 0 aromatic rings. The molecule has 0 aromatic heterocycles. The molecule has 4 aliphatic carbocycles. The van der Waals surface area contributed by atoms with Crippen LogP contribution in [0, 0.1) is 17.8 Å². The molecule has 0 N–H and O–H groups in total. The van der Waals surface area contributed by atoms with E-state index >= 15 is 0 Å². The third-order valence-corrected chi connectivity index (χ3v) is 14.1. The molecule has 4 aliphatic rings. The third-order valence-electron chi connectivity index (χ3n) is 9.61. The van der Waals surface area contributed by atoms with E-state index in [1.807, 2.05) is 0 Å². The molecule has 5 nitrogen and oxygen atoms in total. The smallest absolute Gasteiger partial charge is 0.156 e. The van der Waals surface area contributed by atoms with Crippen LogP contribution in [0.3, 0.4) is 0 Å². The first-order chi connectivity index (χ1) is 15.6. The summed E-state index contributed by atoms with van der Waals surface area (Å²) in [6.07, 6.45) is 17.3. The Morgan fingerprint density at radius 1 is 0.515 bits per heavy atom. The molecule has 33 heavy (non-hydrogen) atoms. The number of sulfone groups is 2. The van der Waals surface area contributed by atoms with Gasteiger partial charge in [-0.2, -0.15) is 0 Å². The second kappa shape index (κ2) is 10.9. The first-order valence-electron chi connectivity index (χ1n) is 13.7. The molecule has 7 heteroatoms. The minimum atomic E-state index is -3.07. The Kier molecular flexibility index (Phi) is 8.54. The Balaban J connectivity index is 1.20. The van der Waals surface area contributed by atoms with Crippen molar-refractivity contribution in [3.05, 3.63) is 0 Å². The van der Waals surface area contributed by atoms with E-state index < -0.39 is 19.7 Å². The van der Waals surface area contributed by atoms with Gasteiger partial charge < -0.3 is 4.74 Å². The van der Waals surface area contributed by atoms with E-state index in [1.165, 1.54) is 31.9 Å². The number of rotatable bonds is 6. The lowest BCUT2D eigenvalue weighted by atomic mass is 9.73. The fourth-order valence-electron chi connectivity index (χ4n) is 7.28. The van der Waals surface area contributed by atoms with Crippen molar-refractivity contribution in [3.8, 4) is 0 Å². The minimum Gasteiger partial charge on any atom is -0.375 e. The monoisotopic (exact) mass is 502 g/mol. The van der Waals surface area contributed by atoms with Crippen molar-refractivity contribution in [2.24, 2.45) is 17.8 Å². The molecule has 0 saturated heterocycles. The van der Waals surface area contributed by atoms with Crippen molar-refractivity contribution in [1.29, 1.82) is 0 Å². The fourth-order valence-corrected chi connectivity index (χ4v) is 10.8. The van der Waals surface area contributed by atoms with E-state index in [0.717, 1.165) is 83.0 Å². The molecule has 0 spiro atoms. The third kappa shape index (κ3) is 6.55. The lowest BCUT2D eigenvalue weighted by Gasteiger charge is -2.39. The zero-order valence-electron chi connectivity index (χ0n) is 20.8. The quantitative estimate of drug-likeness (QED) is 0.481. The molecule has 0 bridgehead atoms. The van der Waals surface area contributed by atoms with Gasteiger partial charge in [-0.15, -0.1) is 0 Å². The largest absolute Gasteiger partial charge is 0.375 e. The van der Waals surface area contributed by atoms with Gasteiger partial charge >= 0.3 is 0 Å². The predicted molar refractivity (Wildman–Crippen MR) is 134 cm³/mol. The highest BCUT2D eigenvalue weighted by Gasteiger charge is 2.41. The van der Waals surface area contributed by atoms with Gasteiger partial charge in [-0.25, -0.2) is 16.8 Å². The molecule has 0 unspecified atom stereocenters. The van der Waals surface area contributed by atoms with Crippen molar-refractivity contribution in [2.45, 2.75) is 138 Å². The molecule has 0 aliphatic heterocycles. The van der Waals surface area contributed by atoms with E-state index in [-0.39, 0.29) is 21.9 Å². The second-order valence-corrected chi connectivity index (χ2v) is 16.7. The average Bonchev–Trinajstić information content (AvgIpc) is 2.81. The standard InChI is InChI=1S/C26H46O5S2/c1-19-3-9-22(10-4-19)31-23-11-17-26(18-12-23)33(29,30)25-15-7-21(8-16-25)20-5-13-24(14-6-20)32(2,27)28/h19-26H,3-18H2,1-2H3. The van der Waals surface area contributed by atoms with Gasteiger partial charge in [0, 0.05) is 6.26 Å². The highest BCUT2D eigenvalue weighted by Crippen LogP contribution is 2.42. The maximum absolute atomic E-state index is 13.4. The van der Waals surface area contributed by atoms with Gasteiger partial charge in [0.05, 0.1) is 28.0 Å². The first-order valence-corrected chi connectivity index (χ1v) is 17.3. The van der Waals surface area contributed by atoms with Gasteiger partial charge in [-0.3, -0.25) is 0 Å². The fraction of sp³-hybridized carbons (Fsp3) is 1.00. The Hall–Kier alpha value is -0.140. The molecule has 4 fully saturated rings. The normalized spacial score (nSPS) is 41.5. The van der Waals surface area contributed by atoms with Crippen molar-refractivity contribution >= 4 is 19.7 Å². The Morgan fingerprint density at radius 3 is 1.30 bits per heavy atom. The highest BCUT2D eigenvalue weighted by molar-refractivity contribution is 7.92. The van der Waals surface area contributed by atoms with Crippen molar-refractivity contribution in [3.63, 3.8) is 0 Å². The molecule has 0 heterocycles. The molecule has 4 rings (SSSR count). The van der Waals surface area contributed by atoms with Gasteiger partial charge in [0.1, 0.15) is 9.84 Å². The van der Waals surface area contributed by atoms with Gasteiger partial charge in [-0.05, 0) is 120 Å². The summed E-state index contributed by atoms with van der Waals surface area (Å²) in [7, 11) is -5.99. The molecule has 0 atom stereocenters. The summed E-state index contributed by atoms with van der Waals surface area (Å²) in [6.45, 7) is 2.32. The Bertz CT molecular complexity index is 820. The van der Waals surface area contributed by atoms with E-state index in [9.17, 15) is 16.8 Å². The van der Waals surface area contributed by atoms with Gasteiger partial charge in [0.25, 0.3) is 0 Å². The summed E-state index contributed by atoms with van der Waals surface area (Å²) in [6, 6.07) is 0. The Labute approximate surface area is 202 Å². The average molecular weight is 503 g/mol. The molecule has 0 radical (unpaired) electrons. The lowest BCUT2D eigenvalue weighted by Crippen LogP contribution is -2.40. The second-order valence-electron chi connectivity index (χ2n) is 11.9. The first kappa shape index (κ1) is 25.9. The van der Waals surface area contributed by atoms with Gasteiger partial charge in [0.2, 0.25) is 0 Å². The maximum atomic E-state index is 13.4. The summed E-state index contributed by atoms with van der Waals surface area (Å²) in [5.74, 6) is 1.99. The Morgan fingerprint density at radius 2 is 0.879 bits per heavy atom. The van der Waals surface area contributed by atoms with Crippen LogP contribution in [0.1, 0.15) is 110 Å². The number of hydrogen-bond donors (Lipinski definition) is 0. The van der Waals surface area contributed by atoms with E-state index in [2.05, 4.69) is 6.92 Å². The molecule has 192 valence electrons. The SMILES string of the molecule is CC1CCC(OC2CCC(S(=O)(=O)C3CCC(C4CCC(S(C)(=O)=O)CC4)CC3)CC2)CC1. The molecule has 0 aromatic carbocycles. The molecular formula is C26H46O5S2. The van der Waals surface area contributed by atoms with Crippen LogP contribution in [0.2, 0.25) is 0 Å². The summed E-state index contributed by atoms with van der Waals surface area (Å²) < 4.78 is 56.8. The predicted octanol–water partition coefficient (Wildman–Crippen LogP) is 5.47. The van der Waals surface area contributed by atoms with Crippen molar-refractivity contribution in [2.75, 3.05) is 6.26 Å². The van der Waals surface area contributed by atoms with Crippen molar-refractivity contribution < 1.29 is 21.6 Å². The van der Waals surface area contributed by atoms with E-state index in [4.69, 9.17) is 4.74 Å². The van der Waals surface area contributed by atoms with Gasteiger partial charge in [0.15, 0.2) is 9.84 Å². The van der Waals surface area contributed by atoms with Crippen LogP contribution in [-0.4, -0.2) is 51.0 Å². The zero-order valence-corrected chi connectivity index (χ0v) is 22.4. The summed E-state index contributed by atoms with van der Waals surface area (Å²) >= 11 is 0. The zero-order chi connectivity index (χ0) is 23.6. The molecule has 4 saturated carbocycles. The van der Waals surface area contributed by atoms with Crippen LogP contribution in [0.25, 0.3) is 0 Å². The van der Waals surface area contributed by atoms with Crippen LogP contribution in [0.5, 0.6) is 0 Å². The number of hydrogen-bond acceptors (Lipinski definition) is 5. The van der Waals surface area contributed by atoms with E-state index in [1.54, 1.807) is 0 Å². The van der Waals surface area contributed by atoms with Crippen LogP contribution < -0.4 is 0 Å². The molecule has 0 amide bonds.